The van der Waals surface area contributed by atoms with E-state index in [9.17, 15) is 13.2 Å². The van der Waals surface area contributed by atoms with Crippen LogP contribution in [0.5, 0.6) is 5.75 Å². The van der Waals surface area contributed by atoms with E-state index in [2.05, 4.69) is 19.2 Å². The Morgan fingerprint density at radius 1 is 1.07 bits per heavy atom. The molecule has 0 saturated carbocycles. The van der Waals surface area contributed by atoms with Crippen LogP contribution < -0.4 is 14.4 Å². The van der Waals surface area contributed by atoms with Crippen molar-refractivity contribution in [3.8, 4) is 5.75 Å². The summed E-state index contributed by atoms with van der Waals surface area (Å²) in [5, 5.41) is 2.92. The lowest BCUT2D eigenvalue weighted by atomic mass is 9.99. The Morgan fingerprint density at radius 2 is 1.73 bits per heavy atom. The fraction of sp³-hybridized carbons (Fsp3) is 0.435. The second kappa shape index (κ2) is 11.6. The fourth-order valence-corrected chi connectivity index (χ4v) is 4.59. The molecular weight excluding hydrogens is 400 g/mol. The molecule has 2 aromatic carbocycles. The van der Waals surface area contributed by atoms with Crippen molar-refractivity contribution in [2.45, 2.75) is 44.4 Å². The van der Waals surface area contributed by atoms with Crippen LogP contribution in [0.4, 0.5) is 5.69 Å². The molecule has 0 aliphatic rings. The van der Waals surface area contributed by atoms with Crippen LogP contribution >= 0.6 is 0 Å². The first kappa shape index (κ1) is 23.7. The van der Waals surface area contributed by atoms with Crippen molar-refractivity contribution in [3.05, 3.63) is 54.6 Å². The lowest BCUT2D eigenvalue weighted by molar-refractivity contribution is -0.119. The number of unbranched alkanes of at least 4 members (excludes halogenated alkanes) is 1. The number of ether oxygens (including phenoxy) is 1. The third kappa shape index (κ3) is 6.49. The first-order valence-corrected chi connectivity index (χ1v) is 11.8. The molecule has 1 amide bonds. The van der Waals surface area contributed by atoms with E-state index in [1.165, 1.54) is 19.2 Å². The molecule has 0 unspecified atom stereocenters. The Balaban J connectivity index is 2.20. The van der Waals surface area contributed by atoms with Crippen molar-refractivity contribution in [1.29, 1.82) is 0 Å². The molecule has 0 aromatic heterocycles. The molecular formula is C23H32N2O4S. The maximum absolute atomic E-state index is 13.3. The Labute approximate surface area is 180 Å². The fourth-order valence-electron chi connectivity index (χ4n) is 3.17. The number of nitrogens with zero attached hydrogens (tertiary/aromatic N) is 1. The minimum Gasteiger partial charge on any atom is -0.497 e. The molecule has 164 valence electrons. The molecule has 0 fully saturated rings. The number of rotatable bonds is 12. The van der Waals surface area contributed by atoms with Crippen LogP contribution in [0, 0.1) is 5.92 Å². The van der Waals surface area contributed by atoms with Gasteiger partial charge in [0, 0.05) is 6.54 Å². The molecule has 0 bridgehead atoms. The van der Waals surface area contributed by atoms with Crippen molar-refractivity contribution >= 4 is 21.6 Å². The van der Waals surface area contributed by atoms with E-state index < -0.39 is 10.0 Å². The molecule has 2 aromatic rings. The van der Waals surface area contributed by atoms with Crippen molar-refractivity contribution < 1.29 is 17.9 Å². The molecule has 0 aliphatic heterocycles. The summed E-state index contributed by atoms with van der Waals surface area (Å²) in [7, 11) is -2.39. The van der Waals surface area contributed by atoms with Gasteiger partial charge in [-0.05, 0) is 48.7 Å². The Bertz CT molecular complexity index is 883. The van der Waals surface area contributed by atoms with Gasteiger partial charge >= 0.3 is 0 Å². The molecule has 1 N–H and O–H groups in total. The molecule has 0 saturated heterocycles. The number of carbonyl (C=O) groups is 1. The van der Waals surface area contributed by atoms with Gasteiger partial charge in [-0.25, -0.2) is 8.42 Å². The van der Waals surface area contributed by atoms with Crippen molar-refractivity contribution in [3.63, 3.8) is 0 Å². The molecule has 0 spiro atoms. The highest BCUT2D eigenvalue weighted by Gasteiger charge is 2.27. The van der Waals surface area contributed by atoms with Gasteiger partial charge in [-0.15, -0.1) is 0 Å². The monoisotopic (exact) mass is 432 g/mol. The van der Waals surface area contributed by atoms with Crippen LogP contribution in [0.15, 0.2) is 59.5 Å². The number of para-hydroxylation sites is 1. The average molecular weight is 433 g/mol. The van der Waals surface area contributed by atoms with Crippen LogP contribution in [0.1, 0.15) is 39.5 Å². The summed E-state index contributed by atoms with van der Waals surface area (Å²) in [6, 6.07) is 14.8. The number of anilines is 1. The van der Waals surface area contributed by atoms with Crippen molar-refractivity contribution in [1.82, 2.24) is 5.32 Å². The summed E-state index contributed by atoms with van der Waals surface area (Å²) in [5.74, 6) is 0.652. The third-order valence-electron chi connectivity index (χ3n) is 5.11. The Kier molecular flexibility index (Phi) is 9.17. The number of amides is 1. The number of benzene rings is 2. The highest BCUT2D eigenvalue weighted by molar-refractivity contribution is 7.92. The minimum absolute atomic E-state index is 0.106. The zero-order valence-electron chi connectivity index (χ0n) is 18.0. The van der Waals surface area contributed by atoms with E-state index in [4.69, 9.17) is 4.74 Å². The average Bonchev–Trinajstić information content (AvgIpc) is 2.78. The van der Waals surface area contributed by atoms with Gasteiger partial charge in [-0.3, -0.25) is 9.10 Å². The molecule has 0 heterocycles. The molecule has 7 heteroatoms. The van der Waals surface area contributed by atoms with Gasteiger partial charge in [0.05, 0.1) is 17.7 Å². The number of methoxy groups -OCH3 is 1. The van der Waals surface area contributed by atoms with E-state index in [0.29, 0.717) is 23.9 Å². The van der Waals surface area contributed by atoms with Gasteiger partial charge in [-0.2, -0.15) is 0 Å². The van der Waals surface area contributed by atoms with E-state index in [-0.39, 0.29) is 17.3 Å². The number of nitrogens with one attached hydrogen (secondary N) is 1. The highest BCUT2D eigenvalue weighted by atomic mass is 32.2. The van der Waals surface area contributed by atoms with Crippen LogP contribution in [0.3, 0.4) is 0 Å². The lowest BCUT2D eigenvalue weighted by Gasteiger charge is -2.24. The molecule has 1 atom stereocenters. The maximum atomic E-state index is 13.3. The van der Waals surface area contributed by atoms with E-state index in [1.54, 1.807) is 42.5 Å². The Morgan fingerprint density at radius 3 is 2.30 bits per heavy atom. The van der Waals surface area contributed by atoms with Crippen LogP contribution in [0.2, 0.25) is 0 Å². The molecule has 0 radical (unpaired) electrons. The highest BCUT2D eigenvalue weighted by Crippen LogP contribution is 2.25. The van der Waals surface area contributed by atoms with Crippen LogP contribution in [-0.4, -0.2) is 34.5 Å². The quantitative estimate of drug-likeness (QED) is 0.545. The second-order valence-electron chi connectivity index (χ2n) is 7.24. The Hall–Kier alpha value is -2.54. The van der Waals surface area contributed by atoms with Crippen LogP contribution in [0.25, 0.3) is 0 Å². The zero-order chi connectivity index (χ0) is 22.0. The molecule has 6 nitrogen and oxygen atoms in total. The third-order valence-corrected chi connectivity index (χ3v) is 6.90. The number of sulfonamides is 1. The zero-order valence-corrected chi connectivity index (χ0v) is 18.8. The van der Waals surface area contributed by atoms with Gasteiger partial charge in [-0.1, -0.05) is 51.3 Å². The summed E-state index contributed by atoms with van der Waals surface area (Å²) in [4.78, 5) is 12.8. The normalized spacial score (nSPS) is 12.2. The standard InChI is InChI=1S/C23H32N2O4S/c1-4-6-10-19(5-2)17-24-23(26)18-25(20-11-8-7-9-12-20)30(27,28)22-15-13-21(29-3)14-16-22/h7-9,11-16,19H,4-6,10,17-18H2,1-3H3,(H,24,26)/t19-/m0/s1. The molecule has 30 heavy (non-hydrogen) atoms. The smallest absolute Gasteiger partial charge is 0.264 e. The number of hydrogen-bond acceptors (Lipinski definition) is 4. The van der Waals surface area contributed by atoms with Gasteiger partial charge in [0.25, 0.3) is 10.0 Å². The maximum Gasteiger partial charge on any atom is 0.264 e. The van der Waals surface area contributed by atoms with Gasteiger partial charge in [0.1, 0.15) is 12.3 Å². The summed E-state index contributed by atoms with van der Waals surface area (Å²) >= 11 is 0. The summed E-state index contributed by atoms with van der Waals surface area (Å²) in [5.41, 5.74) is 0.446. The number of carbonyl (C=O) groups excluding carboxylic acids is 1. The summed E-state index contributed by atoms with van der Waals surface area (Å²) in [6.07, 6.45) is 4.27. The van der Waals surface area contributed by atoms with E-state index in [1.807, 2.05) is 0 Å². The van der Waals surface area contributed by atoms with E-state index >= 15 is 0 Å². The predicted molar refractivity (Wildman–Crippen MR) is 120 cm³/mol. The van der Waals surface area contributed by atoms with Crippen LogP contribution in [-0.2, 0) is 14.8 Å². The van der Waals surface area contributed by atoms with Gasteiger partial charge < -0.3 is 10.1 Å². The van der Waals surface area contributed by atoms with Gasteiger partial charge in [0.15, 0.2) is 0 Å². The number of hydrogen-bond donors (Lipinski definition) is 1. The van der Waals surface area contributed by atoms with Crippen molar-refractivity contribution in [2.75, 3.05) is 24.5 Å². The molecule has 0 aliphatic carbocycles. The van der Waals surface area contributed by atoms with Crippen molar-refractivity contribution in [2.24, 2.45) is 5.92 Å². The first-order valence-electron chi connectivity index (χ1n) is 10.4. The van der Waals surface area contributed by atoms with Gasteiger partial charge in [0.2, 0.25) is 5.91 Å². The summed E-state index contributed by atoms with van der Waals surface area (Å²) < 4.78 is 32.9. The van der Waals surface area contributed by atoms with E-state index in [0.717, 1.165) is 30.0 Å². The largest absolute Gasteiger partial charge is 0.497 e. The lowest BCUT2D eigenvalue weighted by Crippen LogP contribution is -2.42. The minimum atomic E-state index is -3.92. The second-order valence-corrected chi connectivity index (χ2v) is 9.11. The predicted octanol–water partition coefficient (Wildman–Crippen LogP) is 4.22. The first-order chi connectivity index (χ1) is 14.4. The summed E-state index contributed by atoms with van der Waals surface area (Å²) in [6.45, 7) is 4.53. The molecule has 2 rings (SSSR count). The topological polar surface area (TPSA) is 75.7 Å². The SMILES string of the molecule is CCCC[C@H](CC)CNC(=O)CN(c1ccccc1)S(=O)(=O)c1ccc(OC)cc1.